The quantitative estimate of drug-likeness (QED) is 0.0507. The maximum absolute atomic E-state index is 14.7. The van der Waals surface area contributed by atoms with E-state index in [1.165, 1.54) is 57.6 Å². The molecule has 0 saturated heterocycles. The van der Waals surface area contributed by atoms with Gasteiger partial charge in [-0.05, 0) is 119 Å². The van der Waals surface area contributed by atoms with Gasteiger partial charge in [-0.2, -0.15) is 0 Å². The van der Waals surface area contributed by atoms with Crippen LogP contribution in [0.1, 0.15) is 201 Å². The van der Waals surface area contributed by atoms with Gasteiger partial charge in [-0.25, -0.2) is 9.97 Å². The van der Waals surface area contributed by atoms with Crippen molar-refractivity contribution in [1.29, 1.82) is 0 Å². The van der Waals surface area contributed by atoms with Crippen LogP contribution in [0.2, 0.25) is 0 Å². The van der Waals surface area contributed by atoms with Crippen LogP contribution in [0.5, 0.6) is 0 Å². The van der Waals surface area contributed by atoms with E-state index in [4.69, 9.17) is 19.4 Å². The number of fused-ring (bicyclic) bond motifs is 8. The number of ether oxygens (including phenoxy) is 2. The van der Waals surface area contributed by atoms with Crippen molar-refractivity contribution in [3.63, 3.8) is 0 Å². The number of H-pyrrole nitrogens is 2. The predicted octanol–water partition coefficient (Wildman–Crippen LogP) is 12.3. The maximum Gasteiger partial charge on any atom is 2.00 e. The molecule has 2 aromatic heterocycles. The Kier molecular flexibility index (Phi) is 23.0. The number of methoxy groups -OCH3 is 1. The molecule has 74 heavy (non-hydrogen) atoms. The van der Waals surface area contributed by atoms with Gasteiger partial charge in [-0.3, -0.25) is 14.4 Å². The molecule has 4 unspecified atom stereocenters. The SMILES string of the molecule is C=CC1=C(C)c2cc3[n-]c(c(CC(=O)OC)c4[nH+]c(cc5[n-]c(cc1[nH+]2)c(C)c5CC)C(C)=C4C(=O)NCCc1ccccc1)C(CCC(=O)OCC=C(C)CCCC(C)CCCC(C)CCCC(C)C)C3C.[Mg+2]. The third kappa shape index (κ3) is 15.7. The molecule has 1 aromatic carbocycles. The zero-order valence-electron chi connectivity index (χ0n) is 46.8. The summed E-state index contributed by atoms with van der Waals surface area (Å²) in [5.74, 6) is 0.800. The summed E-state index contributed by atoms with van der Waals surface area (Å²) in [6, 6.07) is 16.2. The third-order valence-electron chi connectivity index (χ3n) is 15.5. The normalized spacial score (nSPS) is 15.9. The van der Waals surface area contributed by atoms with Gasteiger partial charge in [0.25, 0.3) is 5.91 Å². The van der Waals surface area contributed by atoms with Crippen LogP contribution in [-0.2, 0) is 43.1 Å². The number of allylic oxidation sites excluding steroid dienone is 5. The van der Waals surface area contributed by atoms with Crippen LogP contribution in [0.4, 0.5) is 0 Å². The van der Waals surface area contributed by atoms with Crippen molar-refractivity contribution in [3.05, 3.63) is 129 Å². The Labute approximate surface area is 459 Å². The molecule has 0 spiro atoms. The van der Waals surface area contributed by atoms with E-state index >= 15 is 0 Å². The van der Waals surface area contributed by atoms with Crippen molar-refractivity contribution < 1.29 is 33.8 Å². The summed E-state index contributed by atoms with van der Waals surface area (Å²) in [4.78, 5) is 59.8. The van der Waals surface area contributed by atoms with Crippen molar-refractivity contribution in [3.8, 4) is 0 Å². The molecule has 10 nitrogen and oxygen atoms in total. The molecule has 11 heteroatoms. The van der Waals surface area contributed by atoms with Crippen molar-refractivity contribution in [2.24, 2.45) is 17.8 Å². The number of hydrogen-bond donors (Lipinski definition) is 1. The summed E-state index contributed by atoms with van der Waals surface area (Å²) < 4.78 is 11.2. The zero-order valence-corrected chi connectivity index (χ0v) is 48.2. The summed E-state index contributed by atoms with van der Waals surface area (Å²) in [5, 5.41) is 3.19. The van der Waals surface area contributed by atoms with Crippen LogP contribution in [-0.4, -0.2) is 61.2 Å². The Bertz CT molecular complexity index is 2760. The molecule has 3 aliphatic heterocycles. The van der Waals surface area contributed by atoms with E-state index in [1.807, 2.05) is 55.5 Å². The van der Waals surface area contributed by atoms with Gasteiger partial charge < -0.3 is 24.8 Å². The second-order valence-corrected chi connectivity index (χ2v) is 21.6. The number of nitrogens with one attached hydrogen (secondary N) is 3. The number of amides is 1. The average Bonchev–Trinajstić information content (AvgIpc) is 4.05. The van der Waals surface area contributed by atoms with Gasteiger partial charge in [-0.1, -0.05) is 146 Å². The van der Waals surface area contributed by atoms with E-state index in [0.29, 0.717) is 53.5 Å². The van der Waals surface area contributed by atoms with Crippen molar-refractivity contribution in [2.45, 2.75) is 171 Å². The number of carbonyl (C=O) groups is 3. The van der Waals surface area contributed by atoms with Gasteiger partial charge in [0.2, 0.25) is 22.8 Å². The number of esters is 2. The third-order valence-corrected chi connectivity index (χ3v) is 15.5. The minimum atomic E-state index is -0.472. The van der Waals surface area contributed by atoms with Crippen molar-refractivity contribution in [2.75, 3.05) is 20.3 Å². The molecule has 1 amide bonds. The van der Waals surface area contributed by atoms with Crippen molar-refractivity contribution in [1.82, 2.24) is 15.3 Å². The first-order valence-electron chi connectivity index (χ1n) is 27.3. The molecular weight excluding hydrogens is 931 g/mol. The van der Waals surface area contributed by atoms with Gasteiger partial charge in [-0.15, -0.1) is 22.4 Å². The number of carbonyl (C=O) groups excluding carboxylic acids is 3. The van der Waals surface area contributed by atoms with Gasteiger partial charge in [0, 0.05) is 29.7 Å². The molecule has 0 fully saturated rings. The number of benzene rings is 1. The number of aromatic nitrogens is 4. The van der Waals surface area contributed by atoms with Crippen LogP contribution in [0.3, 0.4) is 0 Å². The molecule has 8 bridgehead atoms. The largest absolute Gasteiger partial charge is 2.00 e. The Morgan fingerprint density at radius 1 is 0.811 bits per heavy atom. The molecule has 392 valence electrons. The molecule has 5 heterocycles. The Balaban J connectivity index is 0.0000101. The number of aromatic amines is 2. The molecule has 0 saturated carbocycles. The molecule has 4 atom stereocenters. The van der Waals surface area contributed by atoms with Crippen LogP contribution in [0.15, 0.2) is 72.8 Å². The van der Waals surface area contributed by atoms with E-state index < -0.39 is 5.97 Å². The summed E-state index contributed by atoms with van der Waals surface area (Å²) in [7, 11) is 1.37. The molecule has 0 radical (unpaired) electrons. The summed E-state index contributed by atoms with van der Waals surface area (Å²) in [6.45, 7) is 26.7. The fourth-order valence-electron chi connectivity index (χ4n) is 10.8. The van der Waals surface area contributed by atoms with Crippen LogP contribution >= 0.6 is 0 Å². The monoisotopic (exact) mass is 1020 g/mol. The fraction of sp³-hybridized carbons (Fsp3) is 0.508. The number of hydrogen-bond acceptors (Lipinski definition) is 5. The van der Waals surface area contributed by atoms with Gasteiger partial charge in [0.1, 0.15) is 12.2 Å². The predicted molar refractivity (Wildman–Crippen MR) is 302 cm³/mol. The van der Waals surface area contributed by atoms with Crippen molar-refractivity contribution >= 4 is 74.2 Å². The molecule has 3 N–H and O–H groups in total. The Morgan fingerprint density at radius 2 is 1.47 bits per heavy atom. The van der Waals surface area contributed by atoms with Gasteiger partial charge in [0.05, 0.1) is 19.1 Å². The minimum Gasteiger partial charge on any atom is -0.664 e. The first kappa shape index (κ1) is 59.6. The fourth-order valence-corrected chi connectivity index (χ4v) is 10.8. The summed E-state index contributed by atoms with van der Waals surface area (Å²) in [5.41, 5.74) is 14.2. The minimum absolute atomic E-state index is 0. The van der Waals surface area contributed by atoms with E-state index in [9.17, 15) is 14.4 Å². The van der Waals surface area contributed by atoms with Crippen LogP contribution < -0.4 is 25.3 Å². The number of rotatable bonds is 25. The second-order valence-electron chi connectivity index (χ2n) is 21.6. The average molecular weight is 1020 g/mol. The summed E-state index contributed by atoms with van der Waals surface area (Å²) in [6.07, 6.45) is 17.0. The van der Waals surface area contributed by atoms with Gasteiger partial charge in [0.15, 0.2) is 0 Å². The molecular formula is C63H85MgN5O5+2. The molecule has 3 aromatic rings. The smallest absolute Gasteiger partial charge is 0.664 e. The van der Waals surface area contributed by atoms with E-state index in [2.05, 4.69) is 96.3 Å². The Hall–Kier alpha value is -5.26. The second kappa shape index (κ2) is 28.6. The molecule has 6 rings (SSSR count). The zero-order chi connectivity index (χ0) is 52.8. The first-order chi connectivity index (χ1) is 35.0. The maximum atomic E-state index is 14.7. The van der Waals surface area contributed by atoms with Gasteiger partial charge >= 0.3 is 35.0 Å². The number of nitrogens with zero attached hydrogens (tertiary/aromatic N) is 2. The number of aryl methyl sites for hydroxylation is 2. The van der Waals surface area contributed by atoms with E-state index in [1.54, 1.807) is 0 Å². The Morgan fingerprint density at radius 3 is 2.14 bits per heavy atom. The standard InChI is InChI=1S/C63H84N5O5.Mg/c1-13-48-43(8)52-36-54-45(10)50(29-30-58(69)73-34-32-42(7)26-20-25-41(6)24-19-23-40(5)22-18-21-39(3)4)61(67-54)51(35-59(70)72-12)62-60(63(71)64-33-31-47-27-16-15-17-28-47)46(11)55(68-62)38-57-49(14-2)44(9)53(66-57)37-56(48)65-52;/h13,15-17,27-28,32,36-41,45,50H,1,14,18-26,29-31,33-35H2,2-12H3,(H2-,64,65,66,67,68,71);/q-1;+2/p+1. The van der Waals surface area contributed by atoms with Crippen LogP contribution in [0, 0.1) is 24.7 Å². The first-order valence-corrected chi connectivity index (χ1v) is 27.3. The molecule has 3 aliphatic rings. The van der Waals surface area contributed by atoms with E-state index in [-0.39, 0.29) is 66.2 Å². The van der Waals surface area contributed by atoms with Crippen LogP contribution in [0.25, 0.3) is 33.3 Å². The molecule has 0 aliphatic carbocycles. The van der Waals surface area contributed by atoms with E-state index in [0.717, 1.165) is 92.6 Å². The summed E-state index contributed by atoms with van der Waals surface area (Å²) >= 11 is 0. The topological polar surface area (TPSA) is 138 Å².